The molecule has 1 unspecified atom stereocenters. The normalized spacial score (nSPS) is 19.7. The van der Waals surface area contributed by atoms with E-state index < -0.39 is 0 Å². The summed E-state index contributed by atoms with van der Waals surface area (Å²) in [6.45, 7) is 5.58. The van der Waals surface area contributed by atoms with Crippen molar-refractivity contribution in [2.75, 3.05) is 33.9 Å². The molecule has 1 N–H and O–H groups in total. The van der Waals surface area contributed by atoms with E-state index in [0.29, 0.717) is 5.92 Å². The number of hydrogen-bond acceptors (Lipinski definition) is 4. The Morgan fingerprint density at radius 2 is 2.53 bits per heavy atom. The Balaban J connectivity index is 1.83. The quantitative estimate of drug-likeness (QED) is 0.671. The van der Waals surface area contributed by atoms with E-state index in [-0.39, 0.29) is 0 Å². The molecule has 1 aliphatic heterocycles. The summed E-state index contributed by atoms with van der Waals surface area (Å²) in [4.78, 5) is 12.0. The van der Waals surface area contributed by atoms with Gasteiger partial charge in [0.1, 0.15) is 0 Å². The van der Waals surface area contributed by atoms with Gasteiger partial charge in [-0.15, -0.1) is 11.3 Å². The lowest BCUT2D eigenvalue weighted by atomic mass is 10.1. The SMILES string of the molecule is CN=C(NCc1scnc1C)N(C)CC1CCOC1. The van der Waals surface area contributed by atoms with Gasteiger partial charge in [0, 0.05) is 38.0 Å². The second-order valence-corrected chi connectivity index (χ2v) is 5.81. The van der Waals surface area contributed by atoms with Gasteiger partial charge in [-0.05, 0) is 13.3 Å². The summed E-state index contributed by atoms with van der Waals surface area (Å²) < 4.78 is 5.41. The molecule has 0 saturated carbocycles. The summed E-state index contributed by atoms with van der Waals surface area (Å²) in [5, 5.41) is 3.39. The van der Waals surface area contributed by atoms with Gasteiger partial charge in [0.05, 0.1) is 24.4 Å². The molecular formula is C13H22N4OS. The zero-order chi connectivity index (χ0) is 13.7. The number of aliphatic imine (C=N–C) groups is 1. The molecule has 106 valence electrons. The zero-order valence-corrected chi connectivity index (χ0v) is 12.7. The fourth-order valence-corrected chi connectivity index (χ4v) is 2.96. The lowest BCUT2D eigenvalue weighted by Gasteiger charge is -2.24. The van der Waals surface area contributed by atoms with Gasteiger partial charge in [0.25, 0.3) is 0 Å². The highest BCUT2D eigenvalue weighted by Crippen LogP contribution is 2.14. The number of nitrogens with one attached hydrogen (secondary N) is 1. The predicted molar refractivity (Wildman–Crippen MR) is 78.6 cm³/mol. The molecular weight excluding hydrogens is 260 g/mol. The number of rotatable bonds is 4. The molecule has 0 spiro atoms. The second kappa shape index (κ2) is 6.86. The minimum Gasteiger partial charge on any atom is -0.381 e. The van der Waals surface area contributed by atoms with Crippen LogP contribution in [0.15, 0.2) is 10.5 Å². The third-order valence-electron chi connectivity index (χ3n) is 3.38. The summed E-state index contributed by atoms with van der Waals surface area (Å²) in [7, 11) is 3.90. The number of aryl methyl sites for hydroxylation is 1. The van der Waals surface area contributed by atoms with E-state index in [1.807, 2.05) is 19.5 Å². The Morgan fingerprint density at radius 1 is 1.68 bits per heavy atom. The first-order valence-electron chi connectivity index (χ1n) is 6.59. The highest BCUT2D eigenvalue weighted by molar-refractivity contribution is 7.09. The van der Waals surface area contributed by atoms with Crippen LogP contribution >= 0.6 is 11.3 Å². The maximum Gasteiger partial charge on any atom is 0.193 e. The van der Waals surface area contributed by atoms with Crippen LogP contribution in [0.1, 0.15) is 17.0 Å². The Hall–Kier alpha value is -1.14. The smallest absolute Gasteiger partial charge is 0.193 e. The van der Waals surface area contributed by atoms with Crippen molar-refractivity contribution in [3.8, 4) is 0 Å². The molecule has 1 aromatic heterocycles. The summed E-state index contributed by atoms with van der Waals surface area (Å²) in [5.74, 6) is 1.55. The Kier molecular flexibility index (Phi) is 5.15. The van der Waals surface area contributed by atoms with Crippen LogP contribution in [0.2, 0.25) is 0 Å². The number of nitrogens with zero attached hydrogens (tertiary/aromatic N) is 3. The van der Waals surface area contributed by atoms with Gasteiger partial charge >= 0.3 is 0 Å². The van der Waals surface area contributed by atoms with E-state index in [1.54, 1.807) is 11.3 Å². The van der Waals surface area contributed by atoms with Crippen LogP contribution in [0.25, 0.3) is 0 Å². The molecule has 1 aromatic rings. The topological polar surface area (TPSA) is 49.8 Å². The van der Waals surface area contributed by atoms with Gasteiger partial charge in [-0.1, -0.05) is 0 Å². The maximum atomic E-state index is 5.41. The molecule has 1 atom stereocenters. The van der Waals surface area contributed by atoms with Gasteiger partial charge in [-0.3, -0.25) is 4.99 Å². The molecule has 0 amide bonds. The zero-order valence-electron chi connectivity index (χ0n) is 11.8. The number of ether oxygens (including phenoxy) is 1. The molecule has 0 aliphatic carbocycles. The van der Waals surface area contributed by atoms with E-state index >= 15 is 0 Å². The van der Waals surface area contributed by atoms with Crippen molar-refractivity contribution in [1.82, 2.24) is 15.2 Å². The van der Waals surface area contributed by atoms with Crippen molar-refractivity contribution < 1.29 is 4.74 Å². The first-order chi connectivity index (χ1) is 9.20. The summed E-state index contributed by atoms with van der Waals surface area (Å²) in [5.41, 5.74) is 2.98. The molecule has 6 heteroatoms. The van der Waals surface area contributed by atoms with Crippen LogP contribution in [0, 0.1) is 12.8 Å². The summed E-state index contributed by atoms with van der Waals surface area (Å²) in [6.07, 6.45) is 1.15. The van der Waals surface area contributed by atoms with Crippen molar-refractivity contribution in [1.29, 1.82) is 0 Å². The third-order valence-corrected chi connectivity index (χ3v) is 4.32. The monoisotopic (exact) mass is 282 g/mol. The first kappa shape index (κ1) is 14.3. The van der Waals surface area contributed by atoms with Crippen molar-refractivity contribution in [2.45, 2.75) is 19.9 Å². The Bertz CT molecular complexity index is 426. The number of guanidine groups is 1. The highest BCUT2D eigenvalue weighted by atomic mass is 32.1. The lowest BCUT2D eigenvalue weighted by molar-refractivity contribution is 0.181. The average Bonchev–Trinajstić information content (AvgIpc) is 3.02. The summed E-state index contributed by atoms with van der Waals surface area (Å²) in [6, 6.07) is 0. The minimum atomic E-state index is 0.619. The number of thiazole rings is 1. The highest BCUT2D eigenvalue weighted by Gasteiger charge is 2.19. The van der Waals surface area contributed by atoms with E-state index in [4.69, 9.17) is 4.74 Å². The first-order valence-corrected chi connectivity index (χ1v) is 7.47. The van der Waals surface area contributed by atoms with Gasteiger partial charge < -0.3 is 15.0 Å². The van der Waals surface area contributed by atoms with E-state index in [0.717, 1.165) is 44.4 Å². The van der Waals surface area contributed by atoms with Crippen molar-refractivity contribution in [2.24, 2.45) is 10.9 Å². The van der Waals surface area contributed by atoms with Crippen LogP contribution in [0.5, 0.6) is 0 Å². The lowest BCUT2D eigenvalue weighted by Crippen LogP contribution is -2.41. The van der Waals surface area contributed by atoms with Gasteiger partial charge in [-0.2, -0.15) is 0 Å². The van der Waals surface area contributed by atoms with Gasteiger partial charge in [0.2, 0.25) is 0 Å². The molecule has 19 heavy (non-hydrogen) atoms. The van der Waals surface area contributed by atoms with E-state index in [1.165, 1.54) is 4.88 Å². The largest absolute Gasteiger partial charge is 0.381 e. The summed E-state index contributed by atoms with van der Waals surface area (Å²) >= 11 is 1.68. The van der Waals surface area contributed by atoms with Crippen LogP contribution in [-0.2, 0) is 11.3 Å². The molecule has 1 saturated heterocycles. The van der Waals surface area contributed by atoms with Crippen LogP contribution < -0.4 is 5.32 Å². The van der Waals surface area contributed by atoms with E-state index in [2.05, 4.69) is 27.2 Å². The van der Waals surface area contributed by atoms with Crippen molar-refractivity contribution in [3.05, 3.63) is 16.1 Å². The van der Waals surface area contributed by atoms with Gasteiger partial charge in [-0.25, -0.2) is 4.98 Å². The maximum absolute atomic E-state index is 5.41. The van der Waals surface area contributed by atoms with Gasteiger partial charge in [0.15, 0.2) is 5.96 Å². The van der Waals surface area contributed by atoms with Crippen LogP contribution in [-0.4, -0.2) is 49.7 Å². The molecule has 0 radical (unpaired) electrons. The molecule has 2 heterocycles. The standard InChI is InChI=1S/C13H22N4OS/c1-10-12(19-9-16-10)6-15-13(14-2)17(3)7-11-4-5-18-8-11/h9,11H,4-8H2,1-3H3,(H,14,15). The number of aromatic nitrogens is 1. The second-order valence-electron chi connectivity index (χ2n) is 4.87. The van der Waals surface area contributed by atoms with Crippen LogP contribution in [0.3, 0.4) is 0 Å². The molecule has 0 bridgehead atoms. The predicted octanol–water partition coefficient (Wildman–Crippen LogP) is 1.50. The van der Waals surface area contributed by atoms with Crippen LogP contribution in [0.4, 0.5) is 0 Å². The Labute approximate surface area is 118 Å². The fraction of sp³-hybridized carbons (Fsp3) is 0.692. The van der Waals surface area contributed by atoms with Crippen molar-refractivity contribution >= 4 is 17.3 Å². The molecule has 0 aromatic carbocycles. The molecule has 1 fully saturated rings. The number of hydrogen-bond donors (Lipinski definition) is 1. The average molecular weight is 282 g/mol. The molecule has 2 rings (SSSR count). The fourth-order valence-electron chi connectivity index (χ4n) is 2.24. The minimum absolute atomic E-state index is 0.619. The van der Waals surface area contributed by atoms with E-state index in [9.17, 15) is 0 Å². The third kappa shape index (κ3) is 3.91. The van der Waals surface area contributed by atoms with Crippen molar-refractivity contribution in [3.63, 3.8) is 0 Å². The molecule has 5 nitrogen and oxygen atoms in total. The molecule has 1 aliphatic rings. The Morgan fingerprint density at radius 3 is 3.11 bits per heavy atom.